The monoisotopic (exact) mass is 308 g/mol. The lowest BCUT2D eigenvalue weighted by Crippen LogP contribution is -2.37. The Labute approximate surface area is 132 Å². The van der Waals surface area contributed by atoms with Crippen LogP contribution in [0.3, 0.4) is 0 Å². The van der Waals surface area contributed by atoms with Gasteiger partial charge < -0.3 is 4.90 Å². The molecule has 1 aliphatic rings. The van der Waals surface area contributed by atoms with Crippen LogP contribution < -0.4 is 5.32 Å². The first-order chi connectivity index (χ1) is 9.99. The zero-order valence-corrected chi connectivity index (χ0v) is 13.9. The van der Waals surface area contributed by atoms with Gasteiger partial charge in [0.1, 0.15) is 6.17 Å². The molecule has 0 aliphatic carbocycles. The van der Waals surface area contributed by atoms with Gasteiger partial charge in [-0.2, -0.15) is 0 Å². The number of carbonyl (C=O) groups excluding carboxylic acids is 1. The Kier molecular flexibility index (Phi) is 5.65. The zero-order chi connectivity index (χ0) is 15.4. The van der Waals surface area contributed by atoms with Gasteiger partial charge in [0, 0.05) is 11.1 Å². The van der Waals surface area contributed by atoms with E-state index in [0.717, 1.165) is 29.3 Å². The van der Waals surface area contributed by atoms with Crippen LogP contribution in [0, 0.1) is 5.92 Å². The maximum Gasteiger partial charge on any atom is 0.238 e. The minimum Gasteiger partial charge on any atom is -0.319 e. The van der Waals surface area contributed by atoms with Crippen molar-refractivity contribution in [2.45, 2.75) is 52.2 Å². The summed E-state index contributed by atoms with van der Waals surface area (Å²) in [7, 11) is 0. The summed E-state index contributed by atoms with van der Waals surface area (Å²) in [6, 6.07) is 8.00. The largest absolute Gasteiger partial charge is 0.319 e. The highest BCUT2D eigenvalue weighted by Gasteiger charge is 2.34. The Morgan fingerprint density at radius 3 is 2.52 bits per heavy atom. The van der Waals surface area contributed by atoms with Crippen LogP contribution in [0.1, 0.15) is 51.8 Å². The van der Waals surface area contributed by atoms with E-state index in [1.165, 1.54) is 6.42 Å². The predicted molar refractivity (Wildman–Crippen MR) is 87.2 cm³/mol. The van der Waals surface area contributed by atoms with E-state index in [1.807, 2.05) is 29.2 Å². The molecule has 2 unspecified atom stereocenters. The summed E-state index contributed by atoms with van der Waals surface area (Å²) < 4.78 is 0. The Balaban J connectivity index is 2.04. The molecule has 1 saturated heterocycles. The number of rotatable bonds is 6. The van der Waals surface area contributed by atoms with Crippen LogP contribution in [0.15, 0.2) is 24.3 Å². The normalized spacial score (nSPS) is 20.3. The van der Waals surface area contributed by atoms with Gasteiger partial charge in [-0.3, -0.25) is 10.1 Å². The average Bonchev–Trinajstić information content (AvgIpc) is 2.81. The number of carbonyl (C=O) groups is 1. The number of halogens is 1. The Hall–Kier alpha value is -1.06. The van der Waals surface area contributed by atoms with E-state index < -0.39 is 0 Å². The zero-order valence-electron chi connectivity index (χ0n) is 13.1. The fourth-order valence-corrected chi connectivity index (χ4v) is 3.03. The average molecular weight is 309 g/mol. The lowest BCUT2D eigenvalue weighted by Gasteiger charge is -2.31. The highest BCUT2D eigenvalue weighted by molar-refractivity contribution is 6.30. The molecule has 1 aromatic carbocycles. The van der Waals surface area contributed by atoms with Gasteiger partial charge in [0.25, 0.3) is 0 Å². The second-order valence-corrected chi connectivity index (χ2v) is 6.75. The van der Waals surface area contributed by atoms with E-state index in [-0.39, 0.29) is 18.1 Å². The van der Waals surface area contributed by atoms with Gasteiger partial charge in [-0.1, -0.05) is 50.4 Å². The Morgan fingerprint density at radius 1 is 1.24 bits per heavy atom. The minimum absolute atomic E-state index is 0.0242. The van der Waals surface area contributed by atoms with Crippen LogP contribution in [0.4, 0.5) is 0 Å². The third-order valence-electron chi connectivity index (χ3n) is 4.08. The standard InChI is InChI=1S/C17H25ClN2O/c1-12(2)5-4-6-13(3)20-16(21)11-19-17(20)14-7-9-15(18)10-8-14/h7-10,12-13,17,19H,4-6,11H2,1-3H3. The number of amides is 1. The molecule has 1 amide bonds. The number of benzene rings is 1. The van der Waals surface area contributed by atoms with Gasteiger partial charge in [0.15, 0.2) is 0 Å². The molecule has 1 aliphatic heterocycles. The van der Waals surface area contributed by atoms with E-state index in [9.17, 15) is 4.79 Å². The van der Waals surface area contributed by atoms with Crippen LogP contribution in [0.25, 0.3) is 0 Å². The number of hydrogen-bond donors (Lipinski definition) is 1. The van der Waals surface area contributed by atoms with Crippen LogP contribution in [-0.2, 0) is 4.79 Å². The van der Waals surface area contributed by atoms with Crippen LogP contribution in [0.5, 0.6) is 0 Å². The van der Waals surface area contributed by atoms with Gasteiger partial charge in [0.05, 0.1) is 6.54 Å². The van der Waals surface area contributed by atoms with E-state index in [1.54, 1.807) is 0 Å². The van der Waals surface area contributed by atoms with Gasteiger partial charge in [-0.05, 0) is 37.0 Å². The molecule has 3 nitrogen and oxygen atoms in total. The quantitative estimate of drug-likeness (QED) is 0.862. The summed E-state index contributed by atoms with van der Waals surface area (Å²) in [6.45, 7) is 7.05. The topological polar surface area (TPSA) is 32.3 Å². The molecule has 2 rings (SSSR count). The van der Waals surface area contributed by atoms with E-state index in [0.29, 0.717) is 6.54 Å². The smallest absolute Gasteiger partial charge is 0.238 e. The Morgan fingerprint density at radius 2 is 1.90 bits per heavy atom. The molecule has 21 heavy (non-hydrogen) atoms. The second-order valence-electron chi connectivity index (χ2n) is 6.31. The van der Waals surface area contributed by atoms with E-state index in [2.05, 4.69) is 26.1 Å². The van der Waals surface area contributed by atoms with Crippen molar-refractivity contribution >= 4 is 17.5 Å². The highest BCUT2D eigenvalue weighted by atomic mass is 35.5. The van der Waals surface area contributed by atoms with Crippen molar-refractivity contribution in [1.29, 1.82) is 0 Å². The highest BCUT2D eigenvalue weighted by Crippen LogP contribution is 2.27. The molecule has 116 valence electrons. The van der Waals surface area contributed by atoms with Crippen molar-refractivity contribution in [3.63, 3.8) is 0 Å². The molecular weight excluding hydrogens is 284 g/mol. The summed E-state index contributed by atoms with van der Waals surface area (Å²) >= 11 is 5.94. The SMILES string of the molecule is CC(C)CCCC(C)N1C(=O)CNC1c1ccc(Cl)cc1. The molecule has 1 N–H and O–H groups in total. The third-order valence-corrected chi connectivity index (χ3v) is 4.33. The first-order valence-electron chi connectivity index (χ1n) is 7.79. The molecule has 1 heterocycles. The van der Waals surface area contributed by atoms with Crippen molar-refractivity contribution in [2.24, 2.45) is 5.92 Å². The number of hydrogen-bond acceptors (Lipinski definition) is 2. The number of nitrogens with zero attached hydrogens (tertiary/aromatic N) is 1. The van der Waals surface area contributed by atoms with Gasteiger partial charge >= 0.3 is 0 Å². The van der Waals surface area contributed by atoms with Crippen LogP contribution in [0.2, 0.25) is 5.02 Å². The number of nitrogens with one attached hydrogen (secondary N) is 1. The molecule has 0 bridgehead atoms. The van der Waals surface area contributed by atoms with Crippen molar-refractivity contribution in [2.75, 3.05) is 6.54 Å². The molecule has 4 heteroatoms. The Bertz CT molecular complexity index is 472. The van der Waals surface area contributed by atoms with Crippen molar-refractivity contribution in [3.05, 3.63) is 34.9 Å². The molecule has 1 aromatic rings. The molecule has 2 atom stereocenters. The first kappa shape index (κ1) is 16.3. The van der Waals surface area contributed by atoms with Gasteiger partial charge in [0.2, 0.25) is 5.91 Å². The maximum atomic E-state index is 12.2. The lowest BCUT2D eigenvalue weighted by atomic mass is 10.0. The molecule has 0 saturated carbocycles. The third kappa shape index (κ3) is 4.21. The minimum atomic E-state index is -0.0242. The summed E-state index contributed by atoms with van der Waals surface area (Å²) in [5.41, 5.74) is 1.10. The maximum absolute atomic E-state index is 12.2. The van der Waals surface area contributed by atoms with Crippen molar-refractivity contribution in [3.8, 4) is 0 Å². The van der Waals surface area contributed by atoms with Crippen molar-refractivity contribution < 1.29 is 4.79 Å². The van der Waals surface area contributed by atoms with Gasteiger partial charge in [-0.15, -0.1) is 0 Å². The molecule has 1 fully saturated rings. The molecule has 0 spiro atoms. The van der Waals surface area contributed by atoms with E-state index in [4.69, 9.17) is 11.6 Å². The van der Waals surface area contributed by atoms with Gasteiger partial charge in [-0.25, -0.2) is 0 Å². The molecule has 0 aromatic heterocycles. The first-order valence-corrected chi connectivity index (χ1v) is 8.17. The summed E-state index contributed by atoms with van der Waals surface area (Å²) in [5.74, 6) is 0.906. The second kappa shape index (κ2) is 7.28. The fraction of sp³-hybridized carbons (Fsp3) is 0.588. The predicted octanol–water partition coefficient (Wildman–Crippen LogP) is 3.99. The van der Waals surface area contributed by atoms with E-state index >= 15 is 0 Å². The van der Waals surface area contributed by atoms with Crippen LogP contribution in [-0.4, -0.2) is 23.4 Å². The summed E-state index contributed by atoms with van der Waals surface area (Å²) in [4.78, 5) is 14.2. The summed E-state index contributed by atoms with van der Waals surface area (Å²) in [6.07, 6.45) is 3.40. The van der Waals surface area contributed by atoms with Crippen LogP contribution >= 0.6 is 11.6 Å². The fourth-order valence-electron chi connectivity index (χ4n) is 2.90. The summed E-state index contributed by atoms with van der Waals surface area (Å²) in [5, 5.41) is 4.03. The molecule has 0 radical (unpaired) electrons. The van der Waals surface area contributed by atoms with Crippen molar-refractivity contribution in [1.82, 2.24) is 10.2 Å². The lowest BCUT2D eigenvalue weighted by molar-refractivity contribution is -0.130. The molecular formula is C17H25ClN2O.